The Kier molecular flexibility index (Phi) is 4.81. The Bertz CT molecular complexity index is 1080. The second kappa shape index (κ2) is 7.31. The van der Waals surface area contributed by atoms with Crippen molar-refractivity contribution in [2.75, 3.05) is 11.1 Å². The summed E-state index contributed by atoms with van der Waals surface area (Å²) in [5.41, 5.74) is 6.71. The summed E-state index contributed by atoms with van der Waals surface area (Å²) < 4.78 is 29.9. The third kappa shape index (κ3) is 3.37. The molecule has 1 aliphatic carbocycles. The second-order valence-electron chi connectivity index (χ2n) is 7.49. The van der Waals surface area contributed by atoms with Gasteiger partial charge in [-0.1, -0.05) is 13.3 Å². The fourth-order valence-electron chi connectivity index (χ4n) is 4.21. The lowest BCUT2D eigenvalue weighted by atomic mass is 9.76. The van der Waals surface area contributed by atoms with Crippen LogP contribution in [0.3, 0.4) is 0 Å². The number of anilines is 2. The lowest BCUT2D eigenvalue weighted by Gasteiger charge is -2.35. The number of pyridine rings is 2. The summed E-state index contributed by atoms with van der Waals surface area (Å²) in [5, 5.41) is 13.2. The van der Waals surface area contributed by atoms with Gasteiger partial charge < -0.3 is 16.2 Å². The summed E-state index contributed by atoms with van der Waals surface area (Å²) in [6, 6.07) is 2.46. The SMILES string of the molecule is CC1CCCC(Nc2c(F)cnc3c2ccn3-c2cc(F)cnc2N)[C@H]1C(=O)O. The third-order valence-electron chi connectivity index (χ3n) is 5.63. The molecule has 0 saturated heterocycles. The summed E-state index contributed by atoms with van der Waals surface area (Å²) in [5.74, 6) is -2.55. The minimum Gasteiger partial charge on any atom is -0.481 e. The number of nitrogens with one attached hydrogen (secondary N) is 1. The number of aliphatic carboxylic acids is 1. The van der Waals surface area contributed by atoms with Crippen molar-refractivity contribution in [1.29, 1.82) is 0 Å². The van der Waals surface area contributed by atoms with Crippen LogP contribution in [0.4, 0.5) is 20.3 Å². The maximum Gasteiger partial charge on any atom is 0.308 e. The van der Waals surface area contributed by atoms with Gasteiger partial charge in [0.25, 0.3) is 0 Å². The standard InChI is InChI=1S/C20H21F2N5O2/c1-10-3-2-4-14(16(10)20(28)29)26-17-12-5-6-27(19(12)25-9-13(17)22)15-7-11(21)8-24-18(15)23/h5-10,14,16H,2-4H2,1H3,(H2,23,24)(H,25,26)(H,28,29)/t10?,14?,16-/m0/s1. The van der Waals surface area contributed by atoms with E-state index in [0.29, 0.717) is 23.1 Å². The number of nitrogen functional groups attached to an aromatic ring is 1. The van der Waals surface area contributed by atoms with Crippen molar-refractivity contribution < 1.29 is 18.7 Å². The van der Waals surface area contributed by atoms with Crippen LogP contribution in [0.25, 0.3) is 16.7 Å². The molecule has 1 saturated carbocycles. The molecule has 3 aromatic heterocycles. The molecule has 0 aliphatic heterocycles. The van der Waals surface area contributed by atoms with Gasteiger partial charge >= 0.3 is 5.97 Å². The van der Waals surface area contributed by atoms with Gasteiger partial charge in [0.15, 0.2) is 5.82 Å². The van der Waals surface area contributed by atoms with E-state index in [9.17, 15) is 18.7 Å². The van der Waals surface area contributed by atoms with E-state index in [1.807, 2.05) is 6.92 Å². The minimum atomic E-state index is -0.892. The molecule has 0 radical (unpaired) electrons. The van der Waals surface area contributed by atoms with Crippen molar-refractivity contribution in [3.8, 4) is 5.69 Å². The predicted molar refractivity (Wildman–Crippen MR) is 105 cm³/mol. The Morgan fingerprint density at radius 1 is 1.31 bits per heavy atom. The summed E-state index contributed by atoms with van der Waals surface area (Å²) in [7, 11) is 0. The molecule has 3 heterocycles. The number of halogens is 2. The number of nitrogens with zero attached hydrogens (tertiary/aromatic N) is 3. The molecule has 1 aliphatic rings. The van der Waals surface area contributed by atoms with E-state index in [2.05, 4.69) is 15.3 Å². The first kappa shape index (κ1) is 19.1. The number of carboxylic acids is 1. The largest absolute Gasteiger partial charge is 0.481 e. The predicted octanol–water partition coefficient (Wildman–Crippen LogP) is 3.58. The average Bonchev–Trinajstić information content (AvgIpc) is 3.10. The van der Waals surface area contributed by atoms with Gasteiger partial charge in [0.2, 0.25) is 0 Å². The molecule has 3 atom stereocenters. The molecule has 0 aromatic carbocycles. The smallest absolute Gasteiger partial charge is 0.308 e. The molecule has 9 heteroatoms. The van der Waals surface area contributed by atoms with E-state index in [4.69, 9.17) is 5.73 Å². The Hall–Kier alpha value is -3.23. The zero-order valence-corrected chi connectivity index (χ0v) is 15.8. The summed E-state index contributed by atoms with van der Waals surface area (Å²) >= 11 is 0. The number of carbonyl (C=O) groups is 1. The summed E-state index contributed by atoms with van der Waals surface area (Å²) in [6.45, 7) is 1.90. The van der Waals surface area contributed by atoms with E-state index in [1.54, 1.807) is 12.3 Å². The summed E-state index contributed by atoms with van der Waals surface area (Å²) in [6.07, 6.45) is 6.00. The minimum absolute atomic E-state index is 0.0121. The Morgan fingerprint density at radius 3 is 2.86 bits per heavy atom. The van der Waals surface area contributed by atoms with Crippen LogP contribution >= 0.6 is 0 Å². The molecule has 1 fully saturated rings. The molecule has 7 nitrogen and oxygen atoms in total. The van der Waals surface area contributed by atoms with Gasteiger partial charge in [0, 0.05) is 23.7 Å². The van der Waals surface area contributed by atoms with Gasteiger partial charge in [-0.3, -0.25) is 9.36 Å². The number of aromatic nitrogens is 3. The van der Waals surface area contributed by atoms with Crippen molar-refractivity contribution in [2.24, 2.45) is 11.8 Å². The normalized spacial score (nSPS) is 22.0. The van der Waals surface area contributed by atoms with Crippen LogP contribution in [0.1, 0.15) is 26.2 Å². The number of nitrogens with two attached hydrogens (primary N) is 1. The van der Waals surface area contributed by atoms with E-state index in [-0.39, 0.29) is 17.4 Å². The van der Waals surface area contributed by atoms with E-state index >= 15 is 0 Å². The fourth-order valence-corrected chi connectivity index (χ4v) is 4.21. The zero-order chi connectivity index (χ0) is 20.7. The molecular formula is C20H21F2N5O2. The fraction of sp³-hybridized carbons (Fsp3) is 0.350. The van der Waals surface area contributed by atoms with Crippen LogP contribution in [0.15, 0.2) is 30.7 Å². The van der Waals surface area contributed by atoms with Crippen LogP contribution in [0.5, 0.6) is 0 Å². The molecule has 4 rings (SSSR count). The average molecular weight is 401 g/mol. The lowest BCUT2D eigenvalue weighted by Crippen LogP contribution is -2.41. The van der Waals surface area contributed by atoms with Crippen LogP contribution in [-0.4, -0.2) is 31.7 Å². The highest BCUT2D eigenvalue weighted by atomic mass is 19.1. The topological polar surface area (TPSA) is 106 Å². The van der Waals surface area contributed by atoms with Gasteiger partial charge in [-0.15, -0.1) is 0 Å². The molecule has 29 heavy (non-hydrogen) atoms. The van der Waals surface area contributed by atoms with E-state index in [0.717, 1.165) is 25.2 Å². The lowest BCUT2D eigenvalue weighted by molar-refractivity contribution is -0.145. The van der Waals surface area contributed by atoms with Crippen molar-refractivity contribution in [1.82, 2.24) is 14.5 Å². The highest BCUT2D eigenvalue weighted by molar-refractivity contribution is 5.92. The van der Waals surface area contributed by atoms with Crippen molar-refractivity contribution in [3.63, 3.8) is 0 Å². The van der Waals surface area contributed by atoms with Gasteiger partial charge in [0.1, 0.15) is 17.3 Å². The van der Waals surface area contributed by atoms with Crippen LogP contribution in [-0.2, 0) is 4.79 Å². The monoisotopic (exact) mass is 401 g/mol. The van der Waals surface area contributed by atoms with Crippen molar-refractivity contribution >= 4 is 28.5 Å². The van der Waals surface area contributed by atoms with E-state index < -0.39 is 29.6 Å². The molecular weight excluding hydrogens is 380 g/mol. The maximum absolute atomic E-state index is 14.7. The zero-order valence-electron chi connectivity index (χ0n) is 15.8. The number of carboxylic acid groups (broad SMARTS) is 1. The first-order chi connectivity index (χ1) is 13.9. The maximum atomic E-state index is 14.7. The van der Waals surface area contributed by atoms with Crippen molar-refractivity contribution in [3.05, 3.63) is 42.4 Å². The second-order valence-corrected chi connectivity index (χ2v) is 7.49. The molecule has 0 amide bonds. The highest BCUT2D eigenvalue weighted by Crippen LogP contribution is 2.35. The number of hydrogen-bond donors (Lipinski definition) is 3. The Balaban J connectivity index is 1.78. The molecule has 152 valence electrons. The van der Waals surface area contributed by atoms with Gasteiger partial charge in [-0.2, -0.15) is 0 Å². The van der Waals surface area contributed by atoms with Gasteiger partial charge in [0.05, 0.1) is 29.7 Å². The molecule has 2 unspecified atom stereocenters. The van der Waals surface area contributed by atoms with Crippen LogP contribution < -0.4 is 11.1 Å². The first-order valence-corrected chi connectivity index (χ1v) is 9.43. The molecule has 4 N–H and O–H groups in total. The van der Waals surface area contributed by atoms with Crippen LogP contribution in [0, 0.1) is 23.5 Å². The quantitative estimate of drug-likeness (QED) is 0.617. The number of rotatable bonds is 4. The first-order valence-electron chi connectivity index (χ1n) is 9.43. The van der Waals surface area contributed by atoms with Crippen molar-refractivity contribution in [2.45, 2.75) is 32.2 Å². The van der Waals surface area contributed by atoms with E-state index in [1.165, 1.54) is 10.6 Å². The molecule has 3 aromatic rings. The molecule has 0 bridgehead atoms. The number of hydrogen-bond acceptors (Lipinski definition) is 5. The third-order valence-corrected chi connectivity index (χ3v) is 5.63. The van der Waals surface area contributed by atoms with Gasteiger partial charge in [-0.05, 0) is 24.8 Å². The summed E-state index contributed by atoms with van der Waals surface area (Å²) in [4.78, 5) is 19.7. The van der Waals surface area contributed by atoms with Gasteiger partial charge in [-0.25, -0.2) is 18.7 Å². The Morgan fingerprint density at radius 2 is 2.10 bits per heavy atom. The van der Waals surface area contributed by atoms with Crippen LogP contribution in [0.2, 0.25) is 0 Å². The Labute approximate surface area is 165 Å². The molecule has 0 spiro atoms. The number of fused-ring (bicyclic) bond motifs is 1. The highest BCUT2D eigenvalue weighted by Gasteiger charge is 2.36.